The second kappa shape index (κ2) is 7.18. The number of benzene rings is 2. The minimum atomic E-state index is 0.227. The monoisotopic (exact) mass is 309 g/mol. The molecule has 2 aromatic rings. The topological polar surface area (TPSA) is 12.5 Å². The summed E-state index contributed by atoms with van der Waals surface area (Å²) in [5, 5.41) is 0. The van der Waals surface area contributed by atoms with E-state index in [1.807, 2.05) is 0 Å². The molecule has 0 radical (unpaired) electrons. The molecule has 0 bridgehead atoms. The van der Waals surface area contributed by atoms with Gasteiger partial charge in [-0.25, -0.2) is 0 Å². The number of nitrogens with zero attached hydrogens (tertiary/aromatic N) is 1. The molecule has 2 heteroatoms. The van der Waals surface area contributed by atoms with Gasteiger partial charge in [-0.2, -0.15) is 0 Å². The van der Waals surface area contributed by atoms with Crippen LogP contribution < -0.4 is 4.74 Å². The molecule has 0 aromatic heterocycles. The lowest BCUT2D eigenvalue weighted by Crippen LogP contribution is -2.22. The zero-order chi connectivity index (χ0) is 16.2. The van der Waals surface area contributed by atoms with E-state index in [-0.39, 0.29) is 6.10 Å². The molecule has 122 valence electrons. The van der Waals surface area contributed by atoms with Crippen LogP contribution in [0.25, 0.3) is 0 Å². The predicted molar refractivity (Wildman–Crippen MR) is 95.8 cm³/mol. The summed E-state index contributed by atoms with van der Waals surface area (Å²) in [7, 11) is 0. The van der Waals surface area contributed by atoms with Crippen LogP contribution in [-0.2, 0) is 6.54 Å². The second-order valence-corrected chi connectivity index (χ2v) is 6.85. The van der Waals surface area contributed by atoms with Crippen molar-refractivity contribution in [2.24, 2.45) is 0 Å². The standard InChI is InChI=1S/C21H27NO/c1-16(2)23-20-11-9-18(10-12-20)15-22-13-5-8-21(22)19-7-4-6-17(3)14-19/h4,6-7,9-12,14,16,21H,5,8,13,15H2,1-3H3. The lowest BCUT2D eigenvalue weighted by molar-refractivity contribution is 0.240. The van der Waals surface area contributed by atoms with Gasteiger partial charge in [-0.05, 0) is 63.4 Å². The number of aryl methyl sites for hydroxylation is 1. The predicted octanol–water partition coefficient (Wildman–Crippen LogP) is 5.12. The first kappa shape index (κ1) is 16.1. The van der Waals surface area contributed by atoms with E-state index in [9.17, 15) is 0 Å². The smallest absolute Gasteiger partial charge is 0.119 e. The van der Waals surface area contributed by atoms with Gasteiger partial charge in [0.2, 0.25) is 0 Å². The van der Waals surface area contributed by atoms with E-state index in [1.54, 1.807) is 0 Å². The van der Waals surface area contributed by atoms with Gasteiger partial charge in [0.15, 0.2) is 0 Å². The Hall–Kier alpha value is -1.80. The summed E-state index contributed by atoms with van der Waals surface area (Å²) in [6.45, 7) is 8.49. The van der Waals surface area contributed by atoms with Crippen molar-refractivity contribution in [3.8, 4) is 5.75 Å². The van der Waals surface area contributed by atoms with Gasteiger partial charge in [0.05, 0.1) is 6.10 Å². The lowest BCUT2D eigenvalue weighted by atomic mass is 10.0. The molecule has 1 aliphatic heterocycles. The Kier molecular flexibility index (Phi) is 5.02. The molecule has 1 fully saturated rings. The molecule has 0 N–H and O–H groups in total. The van der Waals surface area contributed by atoms with Crippen LogP contribution in [0.15, 0.2) is 48.5 Å². The summed E-state index contributed by atoms with van der Waals surface area (Å²) in [5.74, 6) is 0.959. The van der Waals surface area contributed by atoms with Crippen LogP contribution >= 0.6 is 0 Å². The maximum atomic E-state index is 5.73. The van der Waals surface area contributed by atoms with Crippen LogP contribution in [0.2, 0.25) is 0 Å². The summed E-state index contributed by atoms with van der Waals surface area (Å²) >= 11 is 0. The Bertz CT molecular complexity index is 633. The highest BCUT2D eigenvalue weighted by atomic mass is 16.5. The van der Waals surface area contributed by atoms with E-state index in [2.05, 4.69) is 74.2 Å². The second-order valence-electron chi connectivity index (χ2n) is 6.85. The van der Waals surface area contributed by atoms with Gasteiger partial charge in [-0.15, -0.1) is 0 Å². The Balaban J connectivity index is 1.69. The minimum absolute atomic E-state index is 0.227. The fourth-order valence-corrected chi connectivity index (χ4v) is 3.45. The Morgan fingerprint density at radius 2 is 1.91 bits per heavy atom. The quantitative estimate of drug-likeness (QED) is 0.760. The molecule has 0 amide bonds. The largest absolute Gasteiger partial charge is 0.491 e. The summed E-state index contributed by atoms with van der Waals surface area (Å²) in [4.78, 5) is 2.60. The molecule has 2 aromatic carbocycles. The molecular formula is C21H27NO. The third kappa shape index (κ3) is 4.14. The fraction of sp³-hybridized carbons (Fsp3) is 0.429. The number of hydrogen-bond acceptors (Lipinski definition) is 2. The molecule has 1 aliphatic rings. The highest BCUT2D eigenvalue weighted by molar-refractivity contribution is 5.29. The molecule has 23 heavy (non-hydrogen) atoms. The zero-order valence-electron chi connectivity index (χ0n) is 14.5. The van der Waals surface area contributed by atoms with Crippen molar-refractivity contribution in [1.29, 1.82) is 0 Å². The van der Waals surface area contributed by atoms with Crippen LogP contribution in [0.1, 0.15) is 49.4 Å². The average Bonchev–Trinajstić information content (AvgIpc) is 2.97. The van der Waals surface area contributed by atoms with Gasteiger partial charge < -0.3 is 4.74 Å². The number of likely N-dealkylation sites (tertiary alicyclic amines) is 1. The summed E-state index contributed by atoms with van der Waals surface area (Å²) in [5.41, 5.74) is 4.17. The maximum absolute atomic E-state index is 5.73. The average molecular weight is 309 g/mol. The molecule has 0 saturated carbocycles. The molecule has 1 saturated heterocycles. The minimum Gasteiger partial charge on any atom is -0.491 e. The first-order chi connectivity index (χ1) is 11.1. The Morgan fingerprint density at radius 3 is 2.61 bits per heavy atom. The molecule has 0 spiro atoms. The van der Waals surface area contributed by atoms with Crippen molar-refractivity contribution in [2.45, 2.75) is 52.3 Å². The zero-order valence-corrected chi connectivity index (χ0v) is 14.5. The fourth-order valence-electron chi connectivity index (χ4n) is 3.45. The summed E-state index contributed by atoms with van der Waals surface area (Å²) in [6.07, 6.45) is 2.77. The molecule has 0 aliphatic carbocycles. The number of rotatable bonds is 5. The van der Waals surface area contributed by atoms with Crippen molar-refractivity contribution >= 4 is 0 Å². The van der Waals surface area contributed by atoms with Crippen LogP contribution in [0, 0.1) is 6.92 Å². The van der Waals surface area contributed by atoms with Crippen molar-refractivity contribution in [1.82, 2.24) is 4.90 Å². The SMILES string of the molecule is Cc1cccc(C2CCCN2Cc2ccc(OC(C)C)cc2)c1. The van der Waals surface area contributed by atoms with Gasteiger partial charge in [0.1, 0.15) is 5.75 Å². The maximum Gasteiger partial charge on any atom is 0.119 e. The highest BCUT2D eigenvalue weighted by Gasteiger charge is 2.25. The normalized spacial score (nSPS) is 18.5. The van der Waals surface area contributed by atoms with Gasteiger partial charge in [-0.1, -0.05) is 42.0 Å². The number of ether oxygens (including phenoxy) is 1. The van der Waals surface area contributed by atoms with E-state index >= 15 is 0 Å². The molecular weight excluding hydrogens is 282 g/mol. The lowest BCUT2D eigenvalue weighted by Gasteiger charge is -2.25. The van der Waals surface area contributed by atoms with E-state index in [4.69, 9.17) is 4.74 Å². The van der Waals surface area contributed by atoms with Gasteiger partial charge in [0.25, 0.3) is 0 Å². The molecule has 1 atom stereocenters. The first-order valence-electron chi connectivity index (χ1n) is 8.68. The molecule has 2 nitrogen and oxygen atoms in total. The van der Waals surface area contributed by atoms with Crippen molar-refractivity contribution in [3.63, 3.8) is 0 Å². The Morgan fingerprint density at radius 1 is 1.13 bits per heavy atom. The van der Waals surface area contributed by atoms with Crippen LogP contribution in [0.5, 0.6) is 5.75 Å². The third-order valence-corrected chi connectivity index (χ3v) is 4.47. The molecule has 3 rings (SSSR count). The summed E-state index contributed by atoms with van der Waals surface area (Å²) < 4.78 is 5.73. The van der Waals surface area contributed by atoms with Gasteiger partial charge >= 0.3 is 0 Å². The van der Waals surface area contributed by atoms with E-state index < -0.39 is 0 Å². The van der Waals surface area contributed by atoms with Crippen molar-refractivity contribution in [2.75, 3.05) is 6.54 Å². The third-order valence-electron chi connectivity index (χ3n) is 4.47. The van der Waals surface area contributed by atoms with E-state index in [0.717, 1.165) is 12.3 Å². The van der Waals surface area contributed by atoms with E-state index in [1.165, 1.54) is 36.1 Å². The van der Waals surface area contributed by atoms with Gasteiger partial charge in [0, 0.05) is 12.6 Å². The number of hydrogen-bond donors (Lipinski definition) is 0. The van der Waals surface area contributed by atoms with Crippen molar-refractivity contribution in [3.05, 3.63) is 65.2 Å². The first-order valence-corrected chi connectivity index (χ1v) is 8.68. The van der Waals surface area contributed by atoms with Crippen LogP contribution in [0.3, 0.4) is 0 Å². The summed E-state index contributed by atoms with van der Waals surface area (Å²) in [6, 6.07) is 18.1. The highest BCUT2D eigenvalue weighted by Crippen LogP contribution is 2.33. The molecule has 1 heterocycles. The van der Waals surface area contributed by atoms with E-state index in [0.29, 0.717) is 6.04 Å². The van der Waals surface area contributed by atoms with Crippen LogP contribution in [0.4, 0.5) is 0 Å². The van der Waals surface area contributed by atoms with Crippen molar-refractivity contribution < 1.29 is 4.74 Å². The Labute approximate surface area is 140 Å². The van der Waals surface area contributed by atoms with Crippen LogP contribution in [-0.4, -0.2) is 17.5 Å². The van der Waals surface area contributed by atoms with Gasteiger partial charge in [-0.3, -0.25) is 4.90 Å². The molecule has 1 unspecified atom stereocenters.